The number of benzene rings is 1. The van der Waals surface area contributed by atoms with Crippen LogP contribution in [0.3, 0.4) is 0 Å². The molecule has 1 N–H and O–H groups in total. The molecule has 1 aromatic carbocycles. The Morgan fingerprint density at radius 1 is 1.33 bits per heavy atom. The fourth-order valence-corrected chi connectivity index (χ4v) is 2.05. The van der Waals surface area contributed by atoms with Crippen LogP contribution in [0, 0.1) is 10.1 Å². The van der Waals surface area contributed by atoms with E-state index in [1.165, 1.54) is 30.3 Å². The molecular formula is C13H9ClN2O5. The van der Waals surface area contributed by atoms with Crippen molar-refractivity contribution in [2.45, 2.75) is 6.54 Å². The Bertz CT molecular complexity index is 784. The average molecular weight is 309 g/mol. The van der Waals surface area contributed by atoms with Gasteiger partial charge in [0.15, 0.2) is 0 Å². The second-order valence-corrected chi connectivity index (χ2v) is 4.58. The number of aromatic nitrogens is 1. The third-order valence-corrected chi connectivity index (χ3v) is 3.20. The molecule has 0 atom stereocenters. The summed E-state index contributed by atoms with van der Waals surface area (Å²) >= 11 is 5.94. The minimum atomic E-state index is -1.24. The highest BCUT2D eigenvalue weighted by Gasteiger charge is 2.14. The van der Waals surface area contributed by atoms with Gasteiger partial charge in [0.25, 0.3) is 11.2 Å². The molecule has 1 heterocycles. The molecule has 0 unspecified atom stereocenters. The van der Waals surface area contributed by atoms with Crippen LogP contribution in [0.4, 0.5) is 5.69 Å². The van der Waals surface area contributed by atoms with Crippen LogP contribution in [-0.2, 0) is 6.54 Å². The number of rotatable bonds is 4. The third-order valence-electron chi connectivity index (χ3n) is 2.84. The number of hydrogen-bond acceptors (Lipinski definition) is 4. The molecule has 2 aromatic rings. The van der Waals surface area contributed by atoms with E-state index in [1.54, 1.807) is 0 Å². The first-order valence-electron chi connectivity index (χ1n) is 5.76. The maximum atomic E-state index is 11.8. The van der Waals surface area contributed by atoms with Crippen LogP contribution in [0.15, 0.2) is 41.2 Å². The van der Waals surface area contributed by atoms with Gasteiger partial charge in [0.05, 0.1) is 16.5 Å². The average Bonchev–Trinajstić information content (AvgIpc) is 2.42. The van der Waals surface area contributed by atoms with Gasteiger partial charge < -0.3 is 5.11 Å². The Morgan fingerprint density at radius 3 is 2.62 bits per heavy atom. The number of nitrogens with zero attached hydrogens (tertiary/aromatic N) is 2. The van der Waals surface area contributed by atoms with Crippen molar-refractivity contribution in [2.75, 3.05) is 0 Å². The Labute approximate surface area is 123 Å². The van der Waals surface area contributed by atoms with E-state index >= 15 is 0 Å². The molecular weight excluding hydrogens is 300 g/mol. The number of pyridine rings is 1. The quantitative estimate of drug-likeness (QED) is 0.688. The molecule has 108 valence electrons. The molecule has 1 aromatic heterocycles. The van der Waals surface area contributed by atoms with Crippen molar-refractivity contribution < 1.29 is 14.8 Å². The van der Waals surface area contributed by atoms with Crippen LogP contribution < -0.4 is 5.56 Å². The molecule has 0 amide bonds. The maximum absolute atomic E-state index is 11.8. The van der Waals surface area contributed by atoms with Crippen molar-refractivity contribution in [3.05, 3.63) is 73.1 Å². The molecule has 0 bridgehead atoms. The zero-order chi connectivity index (χ0) is 15.6. The lowest BCUT2D eigenvalue weighted by atomic mass is 10.2. The first-order valence-corrected chi connectivity index (χ1v) is 6.14. The van der Waals surface area contributed by atoms with E-state index in [9.17, 15) is 19.7 Å². The van der Waals surface area contributed by atoms with E-state index in [0.717, 1.165) is 10.6 Å². The molecule has 0 aliphatic heterocycles. The van der Waals surface area contributed by atoms with Gasteiger partial charge in [-0.2, -0.15) is 0 Å². The van der Waals surface area contributed by atoms with E-state index in [4.69, 9.17) is 16.7 Å². The predicted octanol–water partition coefficient (Wildman–Crippen LogP) is 2.16. The number of nitro groups is 1. The Hall–Kier alpha value is -2.67. The van der Waals surface area contributed by atoms with Crippen molar-refractivity contribution >= 4 is 23.3 Å². The van der Waals surface area contributed by atoms with Crippen molar-refractivity contribution in [2.24, 2.45) is 0 Å². The highest BCUT2D eigenvalue weighted by Crippen LogP contribution is 2.23. The van der Waals surface area contributed by atoms with Gasteiger partial charge in [-0.15, -0.1) is 0 Å². The molecule has 2 rings (SSSR count). The fraction of sp³-hybridized carbons (Fsp3) is 0.0769. The lowest BCUT2D eigenvalue weighted by Crippen LogP contribution is -2.25. The number of non-ortho nitro benzene ring substituents is 1. The van der Waals surface area contributed by atoms with Crippen LogP contribution in [0.2, 0.25) is 5.02 Å². The summed E-state index contributed by atoms with van der Waals surface area (Å²) in [5.41, 5.74) is -0.443. The number of carbonyl (C=O) groups is 1. The first kappa shape index (κ1) is 14.7. The highest BCUT2D eigenvalue weighted by atomic mass is 35.5. The zero-order valence-electron chi connectivity index (χ0n) is 10.5. The standard InChI is InChI=1S/C13H9ClN2O5/c14-10-6-9(16(20)21)5-4-8(10)7-15-11(13(18)19)2-1-3-12(15)17/h1-6H,7H2,(H,18,19). The second kappa shape index (κ2) is 5.76. The van der Waals surface area contributed by atoms with E-state index in [2.05, 4.69) is 0 Å². The van der Waals surface area contributed by atoms with E-state index < -0.39 is 16.5 Å². The summed E-state index contributed by atoms with van der Waals surface area (Å²) in [6.07, 6.45) is 0. The van der Waals surface area contributed by atoms with Gasteiger partial charge >= 0.3 is 5.97 Å². The molecule has 7 nitrogen and oxygen atoms in total. The second-order valence-electron chi connectivity index (χ2n) is 4.17. The minimum absolute atomic E-state index is 0.0852. The summed E-state index contributed by atoms with van der Waals surface area (Å²) in [6, 6.07) is 7.67. The molecule has 0 saturated carbocycles. The van der Waals surface area contributed by atoms with Crippen molar-refractivity contribution in [1.82, 2.24) is 4.57 Å². The first-order chi connectivity index (χ1) is 9.90. The lowest BCUT2D eigenvalue weighted by Gasteiger charge is -2.10. The number of nitro benzene ring substituents is 1. The molecule has 8 heteroatoms. The fourth-order valence-electron chi connectivity index (χ4n) is 1.82. The van der Waals surface area contributed by atoms with Crippen LogP contribution in [-0.4, -0.2) is 20.6 Å². The topological polar surface area (TPSA) is 102 Å². The van der Waals surface area contributed by atoms with Crippen LogP contribution in [0.1, 0.15) is 16.1 Å². The van der Waals surface area contributed by atoms with Crippen molar-refractivity contribution in [1.29, 1.82) is 0 Å². The predicted molar refractivity (Wildman–Crippen MR) is 74.9 cm³/mol. The van der Waals surface area contributed by atoms with Gasteiger partial charge in [-0.25, -0.2) is 4.79 Å². The van der Waals surface area contributed by atoms with E-state index in [1.807, 2.05) is 0 Å². The monoisotopic (exact) mass is 308 g/mol. The summed E-state index contributed by atoms with van der Waals surface area (Å²) in [5.74, 6) is -1.24. The summed E-state index contributed by atoms with van der Waals surface area (Å²) in [4.78, 5) is 32.9. The molecule has 21 heavy (non-hydrogen) atoms. The minimum Gasteiger partial charge on any atom is -0.477 e. The number of carboxylic acid groups (broad SMARTS) is 1. The van der Waals surface area contributed by atoms with Crippen LogP contribution in [0.25, 0.3) is 0 Å². The van der Waals surface area contributed by atoms with Gasteiger partial charge in [0.1, 0.15) is 5.69 Å². The number of aromatic carboxylic acids is 1. The molecule has 0 aliphatic rings. The Kier molecular flexibility index (Phi) is 4.04. The molecule has 0 saturated heterocycles. The zero-order valence-corrected chi connectivity index (χ0v) is 11.3. The normalized spacial score (nSPS) is 10.3. The van der Waals surface area contributed by atoms with Crippen LogP contribution in [0.5, 0.6) is 0 Å². The van der Waals surface area contributed by atoms with Gasteiger partial charge in [-0.05, 0) is 17.7 Å². The van der Waals surface area contributed by atoms with Crippen LogP contribution >= 0.6 is 11.6 Å². The number of carboxylic acids is 1. The summed E-state index contributed by atoms with van der Waals surface area (Å²) in [5, 5.41) is 19.8. The number of halogens is 1. The molecule has 0 spiro atoms. The maximum Gasteiger partial charge on any atom is 0.352 e. The van der Waals surface area contributed by atoms with Gasteiger partial charge in [-0.3, -0.25) is 19.5 Å². The summed E-state index contributed by atoms with van der Waals surface area (Å²) < 4.78 is 1.04. The highest BCUT2D eigenvalue weighted by molar-refractivity contribution is 6.31. The summed E-state index contributed by atoms with van der Waals surface area (Å²) in [7, 11) is 0. The van der Waals surface area contributed by atoms with Gasteiger partial charge in [-0.1, -0.05) is 17.7 Å². The van der Waals surface area contributed by atoms with Gasteiger partial charge in [0, 0.05) is 18.2 Å². The lowest BCUT2D eigenvalue weighted by molar-refractivity contribution is -0.384. The Balaban J connectivity index is 2.46. The molecule has 0 aliphatic carbocycles. The Morgan fingerprint density at radius 2 is 2.05 bits per heavy atom. The van der Waals surface area contributed by atoms with E-state index in [0.29, 0.717) is 5.56 Å². The molecule has 0 radical (unpaired) electrons. The number of hydrogen-bond donors (Lipinski definition) is 1. The third kappa shape index (κ3) is 3.09. The molecule has 0 fully saturated rings. The smallest absolute Gasteiger partial charge is 0.352 e. The SMILES string of the molecule is O=C(O)c1cccc(=O)n1Cc1ccc([N+](=O)[O-])cc1Cl. The van der Waals surface area contributed by atoms with Gasteiger partial charge in [0.2, 0.25) is 0 Å². The largest absolute Gasteiger partial charge is 0.477 e. The van der Waals surface area contributed by atoms with Crippen molar-refractivity contribution in [3.8, 4) is 0 Å². The van der Waals surface area contributed by atoms with Crippen molar-refractivity contribution in [3.63, 3.8) is 0 Å². The van der Waals surface area contributed by atoms with E-state index in [-0.39, 0.29) is 22.9 Å². The summed E-state index contributed by atoms with van der Waals surface area (Å²) in [6.45, 7) is -0.0852.